The van der Waals surface area contributed by atoms with Gasteiger partial charge in [-0.1, -0.05) is 24.3 Å². The zero-order chi connectivity index (χ0) is 16.0. The van der Waals surface area contributed by atoms with Crippen LogP contribution in [-0.4, -0.2) is 38.7 Å². The third kappa shape index (κ3) is 2.38. The van der Waals surface area contributed by atoms with Crippen LogP contribution in [0.2, 0.25) is 0 Å². The summed E-state index contributed by atoms with van der Waals surface area (Å²) in [6.45, 7) is 2.92. The molecule has 0 fully saturated rings. The number of carbonyl (C=O) groups is 1. The van der Waals surface area contributed by atoms with Crippen molar-refractivity contribution in [2.24, 2.45) is 0 Å². The monoisotopic (exact) mass is 311 g/mol. The van der Waals surface area contributed by atoms with Crippen LogP contribution in [0.15, 0.2) is 24.3 Å². The summed E-state index contributed by atoms with van der Waals surface area (Å²) in [6.07, 6.45) is 2.98. The van der Waals surface area contributed by atoms with Crippen molar-refractivity contribution < 1.29 is 4.79 Å². The number of aryl methyl sites for hydroxylation is 2. The highest BCUT2D eigenvalue weighted by molar-refractivity contribution is 5.91. The highest BCUT2D eigenvalue weighted by Gasteiger charge is 2.31. The maximum absolute atomic E-state index is 12.8. The molecule has 0 spiro atoms. The van der Waals surface area contributed by atoms with Gasteiger partial charge in [0, 0.05) is 19.6 Å². The summed E-state index contributed by atoms with van der Waals surface area (Å²) in [6, 6.07) is 8.84. The van der Waals surface area contributed by atoms with E-state index in [9.17, 15) is 4.79 Å². The van der Waals surface area contributed by atoms with Crippen molar-refractivity contribution in [2.45, 2.75) is 44.8 Å². The van der Waals surface area contributed by atoms with Gasteiger partial charge in [-0.2, -0.15) is 4.98 Å². The second-order valence-electron chi connectivity index (χ2n) is 6.49. The first-order chi connectivity index (χ1) is 11.1. The fourth-order valence-electron chi connectivity index (χ4n) is 3.54. The summed E-state index contributed by atoms with van der Waals surface area (Å²) >= 11 is 0. The zero-order valence-corrected chi connectivity index (χ0v) is 13.5. The van der Waals surface area contributed by atoms with E-state index in [0.29, 0.717) is 12.0 Å². The standard InChI is InChI=1S/C17H21N5O/c1-11-9-10-22-17(18-11)19-15(20-22)16(23)21(2)14-8-7-12-5-3-4-6-13(12)14/h3-6,11,14H,7-10H2,1-2H3,(H,18,19,20). The molecule has 2 aromatic rings. The van der Waals surface area contributed by atoms with Crippen LogP contribution < -0.4 is 5.32 Å². The van der Waals surface area contributed by atoms with Crippen molar-refractivity contribution in [3.63, 3.8) is 0 Å². The summed E-state index contributed by atoms with van der Waals surface area (Å²) in [5.41, 5.74) is 2.59. The molecule has 1 aliphatic heterocycles. The smallest absolute Gasteiger partial charge is 0.293 e. The van der Waals surface area contributed by atoms with Crippen molar-refractivity contribution >= 4 is 11.9 Å². The van der Waals surface area contributed by atoms with Gasteiger partial charge in [0.05, 0.1) is 6.04 Å². The molecule has 0 saturated heterocycles. The molecular weight excluding hydrogens is 290 g/mol. The molecule has 2 atom stereocenters. The van der Waals surface area contributed by atoms with Crippen LogP contribution in [0.3, 0.4) is 0 Å². The lowest BCUT2D eigenvalue weighted by Gasteiger charge is -2.24. The summed E-state index contributed by atoms with van der Waals surface area (Å²) < 4.78 is 1.80. The fraction of sp³-hybridized carbons (Fsp3) is 0.471. The van der Waals surface area contributed by atoms with E-state index in [1.807, 2.05) is 13.1 Å². The molecule has 1 N–H and O–H groups in total. The number of carbonyl (C=O) groups excluding carboxylic acids is 1. The molecule has 0 bridgehead atoms. The van der Waals surface area contributed by atoms with Crippen LogP contribution in [0.4, 0.5) is 5.95 Å². The molecule has 6 heteroatoms. The molecule has 1 aliphatic carbocycles. The van der Waals surface area contributed by atoms with Gasteiger partial charge in [-0.25, -0.2) is 4.68 Å². The number of amides is 1. The predicted molar refractivity (Wildman–Crippen MR) is 87.3 cm³/mol. The molecule has 1 aromatic heterocycles. The molecular formula is C17H21N5O. The molecule has 4 rings (SSSR count). The van der Waals surface area contributed by atoms with Crippen LogP contribution in [-0.2, 0) is 13.0 Å². The first-order valence-electron chi connectivity index (χ1n) is 8.20. The van der Waals surface area contributed by atoms with Crippen molar-refractivity contribution in [1.82, 2.24) is 19.7 Å². The third-order valence-corrected chi connectivity index (χ3v) is 4.90. The van der Waals surface area contributed by atoms with E-state index in [4.69, 9.17) is 0 Å². The van der Waals surface area contributed by atoms with Crippen molar-refractivity contribution in [3.8, 4) is 0 Å². The van der Waals surface area contributed by atoms with Crippen LogP contribution in [0, 0.1) is 0 Å². The first kappa shape index (κ1) is 14.2. The number of nitrogens with one attached hydrogen (secondary N) is 1. The minimum atomic E-state index is -0.108. The second-order valence-corrected chi connectivity index (χ2v) is 6.49. The van der Waals surface area contributed by atoms with Crippen LogP contribution in [0.25, 0.3) is 0 Å². The minimum Gasteiger partial charge on any atom is -0.352 e. The lowest BCUT2D eigenvalue weighted by molar-refractivity contribution is 0.0718. The third-order valence-electron chi connectivity index (χ3n) is 4.90. The lowest BCUT2D eigenvalue weighted by Crippen LogP contribution is -2.31. The Labute approximate surface area is 135 Å². The van der Waals surface area contributed by atoms with E-state index in [-0.39, 0.29) is 17.8 Å². The van der Waals surface area contributed by atoms with Gasteiger partial charge >= 0.3 is 0 Å². The Morgan fingerprint density at radius 3 is 3.04 bits per heavy atom. The lowest BCUT2D eigenvalue weighted by atomic mass is 10.1. The summed E-state index contributed by atoms with van der Waals surface area (Å²) in [5.74, 6) is 0.879. The Morgan fingerprint density at radius 2 is 2.17 bits per heavy atom. The molecule has 23 heavy (non-hydrogen) atoms. The number of benzene rings is 1. The summed E-state index contributed by atoms with van der Waals surface area (Å²) in [4.78, 5) is 19.0. The number of anilines is 1. The van der Waals surface area contributed by atoms with E-state index in [1.165, 1.54) is 11.1 Å². The van der Waals surface area contributed by atoms with Gasteiger partial charge in [0.1, 0.15) is 0 Å². The zero-order valence-electron chi connectivity index (χ0n) is 13.5. The summed E-state index contributed by atoms with van der Waals surface area (Å²) in [5, 5.41) is 7.66. The van der Waals surface area contributed by atoms with Gasteiger partial charge in [-0.05, 0) is 37.3 Å². The van der Waals surface area contributed by atoms with Crippen molar-refractivity contribution in [2.75, 3.05) is 12.4 Å². The molecule has 2 heterocycles. The predicted octanol–water partition coefficient (Wildman–Crippen LogP) is 2.24. The van der Waals surface area contributed by atoms with Gasteiger partial charge < -0.3 is 10.2 Å². The average Bonchev–Trinajstić information content (AvgIpc) is 3.16. The molecule has 2 unspecified atom stereocenters. The van der Waals surface area contributed by atoms with Gasteiger partial charge in [0.2, 0.25) is 11.8 Å². The second kappa shape index (κ2) is 5.37. The highest BCUT2D eigenvalue weighted by atomic mass is 16.2. The molecule has 0 radical (unpaired) electrons. The average molecular weight is 311 g/mol. The normalized spacial score (nSPS) is 22.2. The van der Waals surface area contributed by atoms with Crippen LogP contribution in [0.5, 0.6) is 0 Å². The van der Waals surface area contributed by atoms with Gasteiger partial charge in [0.25, 0.3) is 5.91 Å². The molecule has 120 valence electrons. The summed E-state index contributed by atoms with van der Waals surface area (Å²) in [7, 11) is 1.85. The Kier molecular flexibility index (Phi) is 3.32. The van der Waals surface area contributed by atoms with Crippen molar-refractivity contribution in [3.05, 3.63) is 41.2 Å². The number of hydrogen-bond donors (Lipinski definition) is 1. The van der Waals surface area contributed by atoms with E-state index >= 15 is 0 Å². The molecule has 0 saturated carbocycles. The fourth-order valence-corrected chi connectivity index (χ4v) is 3.54. The van der Waals surface area contributed by atoms with Crippen LogP contribution in [0.1, 0.15) is 47.6 Å². The van der Waals surface area contributed by atoms with E-state index < -0.39 is 0 Å². The number of nitrogens with zero attached hydrogens (tertiary/aromatic N) is 4. The number of fused-ring (bicyclic) bond motifs is 2. The van der Waals surface area contributed by atoms with Gasteiger partial charge in [0.15, 0.2) is 0 Å². The minimum absolute atomic E-state index is 0.108. The Bertz CT molecular complexity index is 753. The van der Waals surface area contributed by atoms with E-state index in [1.54, 1.807) is 9.58 Å². The van der Waals surface area contributed by atoms with Crippen LogP contribution >= 0.6 is 0 Å². The molecule has 6 nitrogen and oxygen atoms in total. The maximum Gasteiger partial charge on any atom is 0.293 e. The molecule has 2 aliphatic rings. The molecule has 1 aromatic carbocycles. The highest BCUT2D eigenvalue weighted by Crippen LogP contribution is 2.35. The first-order valence-corrected chi connectivity index (χ1v) is 8.20. The number of rotatable bonds is 2. The SMILES string of the molecule is CC1CCn2nc(C(=O)N(C)C3CCc4ccccc43)nc2N1. The number of hydrogen-bond acceptors (Lipinski definition) is 4. The van der Waals surface area contributed by atoms with Gasteiger partial charge in [-0.3, -0.25) is 4.79 Å². The van der Waals surface area contributed by atoms with E-state index in [0.717, 1.165) is 25.8 Å². The van der Waals surface area contributed by atoms with Crippen molar-refractivity contribution in [1.29, 1.82) is 0 Å². The Morgan fingerprint density at radius 1 is 1.35 bits per heavy atom. The van der Waals surface area contributed by atoms with Gasteiger partial charge in [-0.15, -0.1) is 5.10 Å². The Balaban J connectivity index is 1.58. The maximum atomic E-state index is 12.8. The number of aromatic nitrogens is 3. The largest absolute Gasteiger partial charge is 0.352 e. The Hall–Kier alpha value is -2.37. The quantitative estimate of drug-likeness (QED) is 0.924. The van der Waals surface area contributed by atoms with E-state index in [2.05, 4.69) is 40.5 Å². The molecule has 1 amide bonds. The topological polar surface area (TPSA) is 63.1 Å².